The number of fused-ring (bicyclic) bond motifs is 1. The predicted molar refractivity (Wildman–Crippen MR) is 110 cm³/mol. The Kier molecular flexibility index (Phi) is 6.20. The van der Waals surface area contributed by atoms with Gasteiger partial charge in [-0.05, 0) is 49.2 Å². The summed E-state index contributed by atoms with van der Waals surface area (Å²) in [5.41, 5.74) is 1.22. The van der Waals surface area contributed by atoms with Gasteiger partial charge in [-0.3, -0.25) is 4.79 Å². The number of ether oxygens (including phenoxy) is 3. The summed E-state index contributed by atoms with van der Waals surface area (Å²) < 4.78 is 17.0. The van der Waals surface area contributed by atoms with Crippen molar-refractivity contribution in [2.45, 2.75) is 38.0 Å². The summed E-state index contributed by atoms with van der Waals surface area (Å²) in [6, 6.07) is 16.0. The highest BCUT2D eigenvalue weighted by Crippen LogP contribution is 2.32. The number of hydrogen-bond acceptors (Lipinski definition) is 5. The average molecular weight is 396 g/mol. The van der Waals surface area contributed by atoms with Gasteiger partial charge >= 0.3 is 0 Å². The first-order chi connectivity index (χ1) is 14.2. The molecular formula is C23H28N2O4. The lowest BCUT2D eigenvalue weighted by Crippen LogP contribution is -2.45. The smallest absolute Gasteiger partial charge is 0.223 e. The maximum absolute atomic E-state index is 12.4. The molecule has 0 unspecified atom stereocenters. The molecule has 1 amide bonds. The van der Waals surface area contributed by atoms with Gasteiger partial charge in [0, 0.05) is 19.0 Å². The van der Waals surface area contributed by atoms with Gasteiger partial charge in [0.05, 0.1) is 13.7 Å². The molecule has 1 N–H and O–H groups in total. The number of benzene rings is 2. The first-order valence-corrected chi connectivity index (χ1v) is 10.2. The highest BCUT2D eigenvalue weighted by Gasteiger charge is 2.34. The lowest BCUT2D eigenvalue weighted by molar-refractivity contribution is -0.130. The summed E-state index contributed by atoms with van der Waals surface area (Å²) in [4.78, 5) is 14.4. The largest absolute Gasteiger partial charge is 0.497 e. The Balaban J connectivity index is 1.25. The third kappa shape index (κ3) is 4.82. The Morgan fingerprint density at radius 2 is 1.93 bits per heavy atom. The maximum atomic E-state index is 12.4. The summed E-state index contributed by atoms with van der Waals surface area (Å²) >= 11 is 0. The van der Waals surface area contributed by atoms with Gasteiger partial charge in [0.2, 0.25) is 5.91 Å². The SMILES string of the molecule is COc1ccc(CNCC[C@H]2CCC(=O)N2C[C@H]2COc3ccccc3O2)cc1. The van der Waals surface area contributed by atoms with Crippen LogP contribution < -0.4 is 19.5 Å². The average Bonchev–Trinajstić information content (AvgIpc) is 3.11. The van der Waals surface area contributed by atoms with E-state index in [9.17, 15) is 4.79 Å². The summed E-state index contributed by atoms with van der Waals surface area (Å²) in [5, 5.41) is 3.48. The molecule has 29 heavy (non-hydrogen) atoms. The van der Waals surface area contributed by atoms with Crippen LogP contribution in [0.5, 0.6) is 17.2 Å². The molecule has 6 nitrogen and oxygen atoms in total. The summed E-state index contributed by atoms with van der Waals surface area (Å²) in [5.74, 6) is 2.61. The van der Waals surface area contributed by atoms with Crippen LogP contribution in [0.4, 0.5) is 0 Å². The molecule has 0 aromatic heterocycles. The van der Waals surface area contributed by atoms with E-state index in [1.807, 2.05) is 41.3 Å². The first-order valence-electron chi connectivity index (χ1n) is 10.2. The minimum Gasteiger partial charge on any atom is -0.497 e. The number of carbonyl (C=O) groups is 1. The van der Waals surface area contributed by atoms with Gasteiger partial charge in [-0.15, -0.1) is 0 Å². The Bertz CT molecular complexity index is 824. The Labute approximate surface area is 171 Å². The molecular weight excluding hydrogens is 368 g/mol. The van der Waals surface area contributed by atoms with Crippen LogP contribution in [-0.2, 0) is 11.3 Å². The van der Waals surface area contributed by atoms with Crippen LogP contribution in [0, 0.1) is 0 Å². The van der Waals surface area contributed by atoms with Gasteiger partial charge in [0.25, 0.3) is 0 Å². The van der Waals surface area contributed by atoms with E-state index in [1.54, 1.807) is 7.11 Å². The van der Waals surface area contributed by atoms with E-state index in [2.05, 4.69) is 17.4 Å². The monoisotopic (exact) mass is 396 g/mol. The molecule has 2 aromatic carbocycles. The molecule has 2 heterocycles. The molecule has 1 fully saturated rings. The number of nitrogens with one attached hydrogen (secondary N) is 1. The molecule has 0 bridgehead atoms. The van der Waals surface area contributed by atoms with E-state index in [1.165, 1.54) is 5.56 Å². The fourth-order valence-corrected chi connectivity index (χ4v) is 3.96. The lowest BCUT2D eigenvalue weighted by Gasteiger charge is -2.32. The molecule has 4 rings (SSSR count). The lowest BCUT2D eigenvalue weighted by atomic mass is 10.1. The van der Waals surface area contributed by atoms with E-state index in [-0.39, 0.29) is 18.1 Å². The molecule has 0 aliphatic carbocycles. The second kappa shape index (κ2) is 9.18. The number of carbonyl (C=O) groups excluding carboxylic acids is 1. The zero-order chi connectivity index (χ0) is 20.1. The quantitative estimate of drug-likeness (QED) is 0.695. The predicted octanol–water partition coefficient (Wildman–Crippen LogP) is 3.01. The van der Waals surface area contributed by atoms with Gasteiger partial charge in [-0.2, -0.15) is 0 Å². The number of rotatable bonds is 8. The summed E-state index contributed by atoms with van der Waals surface area (Å²) in [6.45, 7) is 2.73. The van der Waals surface area contributed by atoms with Crippen molar-refractivity contribution in [3.8, 4) is 17.2 Å². The molecule has 0 radical (unpaired) electrons. The minimum absolute atomic E-state index is 0.123. The van der Waals surface area contributed by atoms with E-state index in [0.717, 1.165) is 43.2 Å². The number of methoxy groups -OCH3 is 1. The molecule has 1 saturated heterocycles. The summed E-state index contributed by atoms with van der Waals surface area (Å²) in [6.07, 6.45) is 2.34. The van der Waals surface area contributed by atoms with Crippen molar-refractivity contribution in [3.63, 3.8) is 0 Å². The third-order valence-corrected chi connectivity index (χ3v) is 5.56. The van der Waals surface area contributed by atoms with Crippen molar-refractivity contribution in [1.82, 2.24) is 10.2 Å². The zero-order valence-electron chi connectivity index (χ0n) is 16.8. The Morgan fingerprint density at radius 3 is 2.72 bits per heavy atom. The molecule has 0 spiro atoms. The van der Waals surface area contributed by atoms with E-state index in [4.69, 9.17) is 14.2 Å². The number of para-hydroxylation sites is 2. The van der Waals surface area contributed by atoms with Crippen molar-refractivity contribution in [1.29, 1.82) is 0 Å². The second-order valence-corrected chi connectivity index (χ2v) is 7.55. The van der Waals surface area contributed by atoms with Crippen LogP contribution in [0.3, 0.4) is 0 Å². The maximum Gasteiger partial charge on any atom is 0.223 e. The van der Waals surface area contributed by atoms with Crippen molar-refractivity contribution in [2.24, 2.45) is 0 Å². The molecule has 0 saturated carbocycles. The number of likely N-dealkylation sites (tertiary alicyclic amines) is 1. The number of amides is 1. The van der Waals surface area contributed by atoms with Gasteiger partial charge in [0.1, 0.15) is 12.4 Å². The fourth-order valence-electron chi connectivity index (χ4n) is 3.96. The van der Waals surface area contributed by atoms with Crippen molar-refractivity contribution in [2.75, 3.05) is 26.8 Å². The molecule has 2 aromatic rings. The third-order valence-electron chi connectivity index (χ3n) is 5.56. The number of hydrogen-bond donors (Lipinski definition) is 1. The van der Waals surface area contributed by atoms with Gasteiger partial charge in [-0.1, -0.05) is 24.3 Å². The van der Waals surface area contributed by atoms with E-state index < -0.39 is 0 Å². The molecule has 2 aliphatic heterocycles. The molecule has 2 atom stereocenters. The van der Waals surface area contributed by atoms with Crippen LogP contribution in [0.25, 0.3) is 0 Å². The van der Waals surface area contributed by atoms with Crippen molar-refractivity contribution < 1.29 is 19.0 Å². The topological polar surface area (TPSA) is 60.0 Å². The van der Waals surface area contributed by atoms with E-state index in [0.29, 0.717) is 19.6 Å². The standard InChI is InChI=1S/C23H28N2O4/c1-27-19-9-6-17(7-10-19)14-24-13-12-18-8-11-23(26)25(18)15-20-16-28-21-4-2-3-5-22(21)29-20/h2-7,9-10,18,20,24H,8,11-16H2,1H3/t18-,20+/m1/s1. The van der Waals surface area contributed by atoms with Crippen LogP contribution in [0.1, 0.15) is 24.8 Å². The van der Waals surface area contributed by atoms with Gasteiger partial charge < -0.3 is 24.4 Å². The van der Waals surface area contributed by atoms with Crippen molar-refractivity contribution in [3.05, 3.63) is 54.1 Å². The molecule has 6 heteroatoms. The molecule has 2 aliphatic rings. The minimum atomic E-state index is -0.123. The first kappa shape index (κ1) is 19.6. The van der Waals surface area contributed by atoms with Crippen LogP contribution in [0.15, 0.2) is 48.5 Å². The second-order valence-electron chi connectivity index (χ2n) is 7.55. The Morgan fingerprint density at radius 1 is 1.14 bits per heavy atom. The van der Waals surface area contributed by atoms with Gasteiger partial charge in [0.15, 0.2) is 17.6 Å². The van der Waals surface area contributed by atoms with Crippen LogP contribution >= 0.6 is 0 Å². The van der Waals surface area contributed by atoms with Crippen LogP contribution in [0.2, 0.25) is 0 Å². The van der Waals surface area contributed by atoms with Crippen molar-refractivity contribution >= 4 is 5.91 Å². The zero-order valence-corrected chi connectivity index (χ0v) is 16.8. The number of nitrogens with zero attached hydrogens (tertiary/aromatic N) is 1. The summed E-state index contributed by atoms with van der Waals surface area (Å²) in [7, 11) is 1.67. The van der Waals surface area contributed by atoms with Crippen LogP contribution in [-0.4, -0.2) is 49.8 Å². The van der Waals surface area contributed by atoms with Gasteiger partial charge in [-0.25, -0.2) is 0 Å². The highest BCUT2D eigenvalue weighted by atomic mass is 16.6. The molecule has 154 valence electrons. The fraction of sp³-hybridized carbons (Fsp3) is 0.435. The normalized spacial score (nSPS) is 20.7. The highest BCUT2D eigenvalue weighted by molar-refractivity contribution is 5.78. The van der Waals surface area contributed by atoms with E-state index >= 15 is 0 Å². The Hall–Kier alpha value is -2.73.